The van der Waals surface area contributed by atoms with Crippen LogP contribution in [0.15, 0.2) is 42.6 Å². The maximum atomic E-state index is 6.29. The number of anilines is 1. The van der Waals surface area contributed by atoms with E-state index in [-0.39, 0.29) is 6.10 Å². The lowest BCUT2D eigenvalue weighted by Crippen LogP contribution is -2.38. The average Bonchev–Trinajstić information content (AvgIpc) is 3.40. The SMILES string of the molecule is c1cc(OC2CCN(c3ccc(C4CC4)nn3)CC2)c2cc[nH]c2c1. The third-order valence-electron chi connectivity index (χ3n) is 5.28. The summed E-state index contributed by atoms with van der Waals surface area (Å²) < 4.78 is 6.29. The monoisotopic (exact) mass is 334 g/mol. The molecule has 25 heavy (non-hydrogen) atoms. The molecular formula is C20H22N4O. The molecule has 2 aromatic heterocycles. The molecule has 0 atom stereocenters. The predicted molar refractivity (Wildman–Crippen MR) is 98.2 cm³/mol. The molecule has 1 aliphatic carbocycles. The van der Waals surface area contributed by atoms with Crippen LogP contribution in [0.2, 0.25) is 0 Å². The molecule has 1 N–H and O–H groups in total. The molecule has 5 rings (SSSR count). The van der Waals surface area contributed by atoms with Crippen molar-refractivity contribution in [1.29, 1.82) is 0 Å². The van der Waals surface area contributed by atoms with Crippen molar-refractivity contribution in [1.82, 2.24) is 15.2 Å². The van der Waals surface area contributed by atoms with Crippen molar-refractivity contribution in [2.75, 3.05) is 18.0 Å². The first-order chi connectivity index (χ1) is 12.4. The molecule has 0 bridgehead atoms. The molecule has 3 aromatic rings. The Morgan fingerprint density at radius 2 is 1.84 bits per heavy atom. The maximum absolute atomic E-state index is 6.29. The van der Waals surface area contributed by atoms with Gasteiger partial charge in [0.1, 0.15) is 11.9 Å². The Balaban J connectivity index is 1.23. The lowest BCUT2D eigenvalue weighted by atomic mass is 10.1. The summed E-state index contributed by atoms with van der Waals surface area (Å²) in [4.78, 5) is 5.56. The van der Waals surface area contributed by atoms with Crippen LogP contribution in [0.4, 0.5) is 5.82 Å². The van der Waals surface area contributed by atoms with Gasteiger partial charge in [0.25, 0.3) is 0 Å². The number of H-pyrrole nitrogens is 1. The highest BCUT2D eigenvalue weighted by Gasteiger charge is 2.26. The zero-order chi connectivity index (χ0) is 16.6. The second kappa shape index (κ2) is 6.06. The fourth-order valence-electron chi connectivity index (χ4n) is 3.64. The van der Waals surface area contributed by atoms with E-state index in [4.69, 9.17) is 4.74 Å². The highest BCUT2D eigenvalue weighted by atomic mass is 16.5. The molecule has 1 aromatic carbocycles. The first-order valence-electron chi connectivity index (χ1n) is 9.18. The summed E-state index contributed by atoms with van der Waals surface area (Å²) in [6, 6.07) is 12.5. The van der Waals surface area contributed by atoms with Crippen LogP contribution in [0, 0.1) is 0 Å². The minimum atomic E-state index is 0.260. The number of piperidine rings is 1. The van der Waals surface area contributed by atoms with E-state index in [1.165, 1.54) is 12.8 Å². The molecule has 2 aliphatic rings. The summed E-state index contributed by atoms with van der Waals surface area (Å²) in [6.07, 6.45) is 6.77. The third-order valence-corrected chi connectivity index (χ3v) is 5.28. The lowest BCUT2D eigenvalue weighted by molar-refractivity contribution is 0.173. The van der Waals surface area contributed by atoms with Crippen LogP contribution in [-0.2, 0) is 0 Å². The average molecular weight is 334 g/mol. The number of aromatic amines is 1. The Morgan fingerprint density at radius 3 is 2.60 bits per heavy atom. The van der Waals surface area contributed by atoms with Crippen molar-refractivity contribution >= 4 is 16.7 Å². The van der Waals surface area contributed by atoms with Gasteiger partial charge in [-0.05, 0) is 43.2 Å². The Labute approximate surface area is 147 Å². The van der Waals surface area contributed by atoms with E-state index in [2.05, 4.69) is 50.4 Å². The van der Waals surface area contributed by atoms with Crippen molar-refractivity contribution in [3.05, 3.63) is 48.3 Å². The second-order valence-electron chi connectivity index (χ2n) is 7.09. The summed E-state index contributed by atoms with van der Waals surface area (Å²) in [5, 5.41) is 10.0. The van der Waals surface area contributed by atoms with E-state index < -0.39 is 0 Å². The Morgan fingerprint density at radius 1 is 0.960 bits per heavy atom. The van der Waals surface area contributed by atoms with Crippen molar-refractivity contribution in [2.45, 2.75) is 37.7 Å². The second-order valence-corrected chi connectivity index (χ2v) is 7.09. The molecule has 2 fully saturated rings. The lowest BCUT2D eigenvalue weighted by Gasteiger charge is -2.32. The Hall–Kier alpha value is -2.56. The summed E-state index contributed by atoms with van der Waals surface area (Å²) in [7, 11) is 0. The van der Waals surface area contributed by atoms with Gasteiger partial charge < -0.3 is 14.6 Å². The highest BCUT2D eigenvalue weighted by molar-refractivity contribution is 5.85. The van der Waals surface area contributed by atoms with Crippen molar-refractivity contribution < 1.29 is 4.74 Å². The molecule has 5 heteroatoms. The van der Waals surface area contributed by atoms with Gasteiger partial charge in [0, 0.05) is 48.9 Å². The van der Waals surface area contributed by atoms with Gasteiger partial charge >= 0.3 is 0 Å². The van der Waals surface area contributed by atoms with Gasteiger partial charge in [-0.1, -0.05) is 6.07 Å². The molecule has 0 amide bonds. The van der Waals surface area contributed by atoms with Crippen LogP contribution in [0.3, 0.4) is 0 Å². The number of aromatic nitrogens is 3. The molecule has 128 valence electrons. The van der Waals surface area contributed by atoms with Gasteiger partial charge in [-0.2, -0.15) is 5.10 Å². The zero-order valence-corrected chi connectivity index (χ0v) is 14.2. The number of ether oxygens (including phenoxy) is 1. The van der Waals surface area contributed by atoms with Gasteiger partial charge in [-0.15, -0.1) is 5.10 Å². The molecule has 5 nitrogen and oxygen atoms in total. The van der Waals surface area contributed by atoms with Gasteiger partial charge in [0.2, 0.25) is 0 Å². The van der Waals surface area contributed by atoms with E-state index in [1.54, 1.807) is 0 Å². The van der Waals surface area contributed by atoms with Gasteiger partial charge in [0.15, 0.2) is 5.82 Å². The minimum Gasteiger partial charge on any atom is -0.490 e. The number of hydrogen-bond donors (Lipinski definition) is 1. The van der Waals surface area contributed by atoms with Gasteiger partial charge in [-0.25, -0.2) is 0 Å². The Bertz CT molecular complexity index is 861. The molecular weight excluding hydrogens is 312 g/mol. The fourth-order valence-corrected chi connectivity index (χ4v) is 3.64. The van der Waals surface area contributed by atoms with Crippen LogP contribution in [0.1, 0.15) is 37.3 Å². The maximum Gasteiger partial charge on any atom is 0.151 e. The van der Waals surface area contributed by atoms with Crippen molar-refractivity contribution in [3.63, 3.8) is 0 Å². The zero-order valence-electron chi connectivity index (χ0n) is 14.2. The van der Waals surface area contributed by atoms with Crippen molar-refractivity contribution in [3.8, 4) is 5.75 Å². The van der Waals surface area contributed by atoms with E-state index in [1.807, 2.05) is 12.3 Å². The van der Waals surface area contributed by atoms with Crippen LogP contribution >= 0.6 is 0 Å². The topological polar surface area (TPSA) is 54.0 Å². The minimum absolute atomic E-state index is 0.260. The van der Waals surface area contributed by atoms with Crippen LogP contribution in [0.25, 0.3) is 10.9 Å². The first kappa shape index (κ1) is 14.8. The van der Waals surface area contributed by atoms with Crippen LogP contribution in [0.5, 0.6) is 5.75 Å². The number of benzene rings is 1. The number of nitrogens with one attached hydrogen (secondary N) is 1. The molecule has 3 heterocycles. The summed E-state index contributed by atoms with van der Waals surface area (Å²) in [5.74, 6) is 2.64. The molecule has 1 saturated heterocycles. The molecule has 0 spiro atoms. The summed E-state index contributed by atoms with van der Waals surface area (Å²) in [5.41, 5.74) is 2.28. The normalized spacial score (nSPS) is 18.6. The van der Waals surface area contributed by atoms with E-state index in [0.717, 1.165) is 54.1 Å². The number of hydrogen-bond acceptors (Lipinski definition) is 4. The Kier molecular flexibility index (Phi) is 3.58. The van der Waals surface area contributed by atoms with E-state index in [0.29, 0.717) is 5.92 Å². The van der Waals surface area contributed by atoms with Crippen molar-refractivity contribution in [2.24, 2.45) is 0 Å². The molecule has 0 unspecified atom stereocenters. The molecule has 1 saturated carbocycles. The van der Waals surface area contributed by atoms with E-state index in [9.17, 15) is 0 Å². The number of rotatable bonds is 4. The smallest absolute Gasteiger partial charge is 0.151 e. The highest BCUT2D eigenvalue weighted by Crippen LogP contribution is 2.38. The third kappa shape index (κ3) is 2.95. The number of fused-ring (bicyclic) bond motifs is 1. The largest absolute Gasteiger partial charge is 0.490 e. The summed E-state index contributed by atoms with van der Waals surface area (Å²) in [6.45, 7) is 1.93. The molecule has 0 radical (unpaired) electrons. The van der Waals surface area contributed by atoms with Crippen LogP contribution in [-0.4, -0.2) is 34.4 Å². The van der Waals surface area contributed by atoms with E-state index >= 15 is 0 Å². The fraction of sp³-hybridized carbons (Fsp3) is 0.400. The molecule has 1 aliphatic heterocycles. The quantitative estimate of drug-likeness (QED) is 0.786. The standard InChI is InChI=1S/C20H22N4O/c1-2-18-16(8-11-21-18)19(3-1)25-15-9-12-24(13-10-15)20-7-6-17(22-23-20)14-4-5-14/h1-3,6-8,11,14-15,21H,4-5,9-10,12-13H2. The van der Waals surface area contributed by atoms with Gasteiger partial charge in [-0.3, -0.25) is 0 Å². The van der Waals surface area contributed by atoms with Gasteiger partial charge in [0.05, 0.1) is 5.69 Å². The number of nitrogens with zero attached hydrogens (tertiary/aromatic N) is 3. The first-order valence-corrected chi connectivity index (χ1v) is 9.18. The predicted octanol–water partition coefficient (Wildman–Crippen LogP) is 3.88. The summed E-state index contributed by atoms with van der Waals surface area (Å²) >= 11 is 0. The van der Waals surface area contributed by atoms with Crippen LogP contribution < -0.4 is 9.64 Å².